The van der Waals surface area contributed by atoms with Crippen LogP contribution in [0.25, 0.3) is 0 Å². The Kier molecular flexibility index (Phi) is 5.90. The maximum atomic E-state index is 11.8. The molecule has 0 atom stereocenters. The second-order valence-corrected chi connectivity index (χ2v) is 5.71. The van der Waals surface area contributed by atoms with Crippen molar-refractivity contribution in [3.8, 4) is 5.88 Å². The molecule has 4 nitrogen and oxygen atoms in total. The summed E-state index contributed by atoms with van der Waals surface area (Å²) in [6, 6.07) is 11.1. The van der Waals surface area contributed by atoms with Crippen molar-refractivity contribution >= 4 is 35.0 Å². The van der Waals surface area contributed by atoms with E-state index in [1.807, 2.05) is 24.3 Å². The van der Waals surface area contributed by atoms with E-state index in [2.05, 4.69) is 10.3 Å². The first-order valence-corrected chi connectivity index (χ1v) is 7.72. The monoisotopic (exact) mass is 322 g/mol. The number of thioether (sulfide) groups is 1. The summed E-state index contributed by atoms with van der Waals surface area (Å²) in [6.07, 6.45) is 1.97. The number of rotatable bonds is 6. The zero-order chi connectivity index (χ0) is 15.1. The molecular formula is C15H15ClN2O2S. The molecule has 0 aliphatic rings. The maximum Gasteiger partial charge on any atom is 0.225 e. The average molecular weight is 323 g/mol. The van der Waals surface area contributed by atoms with Crippen LogP contribution in [0.3, 0.4) is 0 Å². The Hall–Kier alpha value is -1.72. The smallest absolute Gasteiger partial charge is 0.225 e. The minimum Gasteiger partial charge on any atom is -0.481 e. The quantitative estimate of drug-likeness (QED) is 0.820. The number of anilines is 1. The molecule has 6 heteroatoms. The molecule has 0 fully saturated rings. The van der Waals surface area contributed by atoms with Crippen molar-refractivity contribution in [3.63, 3.8) is 0 Å². The third kappa shape index (κ3) is 4.95. The van der Waals surface area contributed by atoms with Crippen molar-refractivity contribution in [2.45, 2.75) is 11.3 Å². The van der Waals surface area contributed by atoms with Crippen molar-refractivity contribution in [2.75, 3.05) is 18.2 Å². The Labute approximate surface area is 132 Å². The van der Waals surface area contributed by atoms with Crippen LogP contribution in [0, 0.1) is 0 Å². The van der Waals surface area contributed by atoms with Crippen LogP contribution >= 0.6 is 23.4 Å². The van der Waals surface area contributed by atoms with Crippen molar-refractivity contribution < 1.29 is 9.53 Å². The molecule has 1 aromatic heterocycles. The molecule has 0 unspecified atom stereocenters. The molecule has 0 aliphatic carbocycles. The van der Waals surface area contributed by atoms with Gasteiger partial charge in [-0.1, -0.05) is 23.7 Å². The van der Waals surface area contributed by atoms with Crippen LogP contribution in [-0.4, -0.2) is 23.8 Å². The van der Waals surface area contributed by atoms with Gasteiger partial charge in [0.1, 0.15) is 0 Å². The van der Waals surface area contributed by atoms with Gasteiger partial charge in [-0.25, -0.2) is 4.98 Å². The van der Waals surface area contributed by atoms with Crippen LogP contribution in [-0.2, 0) is 4.79 Å². The number of hydrogen-bond acceptors (Lipinski definition) is 4. The van der Waals surface area contributed by atoms with Crippen LogP contribution in [0.15, 0.2) is 47.5 Å². The van der Waals surface area contributed by atoms with Gasteiger partial charge < -0.3 is 10.1 Å². The Morgan fingerprint density at radius 1 is 1.33 bits per heavy atom. The van der Waals surface area contributed by atoms with Crippen molar-refractivity contribution in [1.29, 1.82) is 0 Å². The van der Waals surface area contributed by atoms with Crippen LogP contribution in [0.4, 0.5) is 5.69 Å². The number of ether oxygens (including phenoxy) is 1. The maximum absolute atomic E-state index is 11.8. The van der Waals surface area contributed by atoms with Crippen LogP contribution in [0.1, 0.15) is 6.42 Å². The minimum atomic E-state index is -0.0541. The molecule has 1 amide bonds. The molecule has 21 heavy (non-hydrogen) atoms. The lowest BCUT2D eigenvalue weighted by molar-refractivity contribution is -0.115. The number of benzene rings is 1. The first kappa shape index (κ1) is 15.7. The summed E-state index contributed by atoms with van der Waals surface area (Å²) >= 11 is 7.62. The lowest BCUT2D eigenvalue weighted by atomic mass is 10.4. The van der Waals surface area contributed by atoms with Gasteiger partial charge in [-0.05, 0) is 18.2 Å². The largest absolute Gasteiger partial charge is 0.481 e. The SMILES string of the molecule is COc1ccc(NC(=O)CCSc2ccccc2Cl)cn1. The second-order valence-electron chi connectivity index (χ2n) is 4.17. The number of aromatic nitrogens is 1. The minimum absolute atomic E-state index is 0.0541. The number of amides is 1. The van der Waals surface area contributed by atoms with Crippen molar-refractivity contribution in [2.24, 2.45) is 0 Å². The molecule has 1 aromatic carbocycles. The van der Waals surface area contributed by atoms with Gasteiger partial charge in [0.15, 0.2) is 0 Å². The highest BCUT2D eigenvalue weighted by molar-refractivity contribution is 7.99. The van der Waals surface area contributed by atoms with E-state index in [9.17, 15) is 4.79 Å². The summed E-state index contributed by atoms with van der Waals surface area (Å²) in [5.41, 5.74) is 0.656. The molecule has 2 rings (SSSR count). The lowest BCUT2D eigenvalue weighted by Crippen LogP contribution is -2.12. The molecule has 0 radical (unpaired) electrons. The third-order valence-corrected chi connectivity index (χ3v) is 4.17. The van der Waals surface area contributed by atoms with Gasteiger partial charge in [0.05, 0.1) is 24.0 Å². The molecule has 0 spiro atoms. The first-order valence-electron chi connectivity index (χ1n) is 6.36. The lowest BCUT2D eigenvalue weighted by Gasteiger charge is -2.06. The van der Waals surface area contributed by atoms with E-state index < -0.39 is 0 Å². The fourth-order valence-electron chi connectivity index (χ4n) is 1.61. The number of hydrogen-bond donors (Lipinski definition) is 1. The van der Waals surface area contributed by atoms with E-state index in [1.54, 1.807) is 37.2 Å². The highest BCUT2D eigenvalue weighted by Gasteiger charge is 2.05. The van der Waals surface area contributed by atoms with Gasteiger partial charge in [-0.2, -0.15) is 0 Å². The summed E-state index contributed by atoms with van der Waals surface area (Å²) in [4.78, 5) is 16.8. The van der Waals surface area contributed by atoms with Gasteiger partial charge in [0, 0.05) is 23.1 Å². The number of carbonyl (C=O) groups is 1. The molecule has 2 aromatic rings. The summed E-state index contributed by atoms with van der Waals surface area (Å²) in [5, 5.41) is 3.50. The Balaban J connectivity index is 1.78. The molecule has 0 saturated heterocycles. The van der Waals surface area contributed by atoms with E-state index in [1.165, 1.54) is 0 Å². The Morgan fingerprint density at radius 3 is 2.81 bits per heavy atom. The molecule has 0 bridgehead atoms. The number of nitrogens with one attached hydrogen (secondary N) is 1. The second kappa shape index (κ2) is 7.90. The van der Waals surface area contributed by atoms with Crippen LogP contribution < -0.4 is 10.1 Å². The van der Waals surface area contributed by atoms with E-state index in [0.717, 1.165) is 4.90 Å². The molecule has 1 N–H and O–H groups in total. The number of nitrogens with zero attached hydrogens (tertiary/aromatic N) is 1. The van der Waals surface area contributed by atoms with Gasteiger partial charge in [0.2, 0.25) is 11.8 Å². The highest BCUT2D eigenvalue weighted by Crippen LogP contribution is 2.27. The summed E-state index contributed by atoms with van der Waals surface area (Å²) in [6.45, 7) is 0. The van der Waals surface area contributed by atoms with Crippen molar-refractivity contribution in [3.05, 3.63) is 47.6 Å². The van der Waals surface area contributed by atoms with Gasteiger partial charge >= 0.3 is 0 Å². The topological polar surface area (TPSA) is 51.2 Å². The molecular weight excluding hydrogens is 308 g/mol. The number of pyridine rings is 1. The van der Waals surface area contributed by atoms with Gasteiger partial charge in [0.25, 0.3) is 0 Å². The summed E-state index contributed by atoms with van der Waals surface area (Å²) in [5.74, 6) is 1.13. The normalized spacial score (nSPS) is 10.2. The molecule has 0 aliphatic heterocycles. The van der Waals surface area contributed by atoms with Crippen LogP contribution in [0.5, 0.6) is 5.88 Å². The van der Waals surface area contributed by atoms with Crippen LogP contribution in [0.2, 0.25) is 5.02 Å². The number of methoxy groups -OCH3 is 1. The standard InChI is InChI=1S/C15H15ClN2O2S/c1-20-15-7-6-11(10-17-15)18-14(19)8-9-21-13-5-3-2-4-12(13)16/h2-7,10H,8-9H2,1H3,(H,18,19). The van der Waals surface area contributed by atoms with E-state index in [-0.39, 0.29) is 5.91 Å². The average Bonchev–Trinajstić information content (AvgIpc) is 2.50. The van der Waals surface area contributed by atoms with Crippen molar-refractivity contribution in [1.82, 2.24) is 4.98 Å². The summed E-state index contributed by atoms with van der Waals surface area (Å²) in [7, 11) is 1.55. The Bertz CT molecular complexity index is 605. The molecule has 0 saturated carbocycles. The predicted molar refractivity (Wildman–Crippen MR) is 86.2 cm³/mol. The number of halogens is 1. The van der Waals surface area contributed by atoms with E-state index >= 15 is 0 Å². The highest BCUT2D eigenvalue weighted by atomic mass is 35.5. The third-order valence-electron chi connectivity index (χ3n) is 2.65. The summed E-state index contributed by atoms with van der Waals surface area (Å²) < 4.78 is 4.96. The number of carbonyl (C=O) groups excluding carboxylic acids is 1. The van der Waals surface area contributed by atoms with Gasteiger partial charge in [-0.3, -0.25) is 4.79 Å². The van der Waals surface area contributed by atoms with E-state index in [0.29, 0.717) is 28.8 Å². The fraction of sp³-hybridized carbons (Fsp3) is 0.200. The molecule has 1 heterocycles. The van der Waals surface area contributed by atoms with E-state index in [4.69, 9.17) is 16.3 Å². The Morgan fingerprint density at radius 2 is 2.14 bits per heavy atom. The zero-order valence-electron chi connectivity index (χ0n) is 11.5. The molecule has 110 valence electrons. The predicted octanol–water partition coefficient (Wildman–Crippen LogP) is 3.86. The first-order chi connectivity index (χ1) is 10.2. The fourth-order valence-corrected chi connectivity index (χ4v) is 2.80. The zero-order valence-corrected chi connectivity index (χ0v) is 13.1. The van der Waals surface area contributed by atoms with Gasteiger partial charge in [-0.15, -0.1) is 11.8 Å².